The molecular formula is C86H84N18O9S4. The van der Waals surface area contributed by atoms with Gasteiger partial charge in [-0.2, -0.15) is 15.3 Å². The molecule has 0 aliphatic rings. The van der Waals surface area contributed by atoms with Crippen molar-refractivity contribution in [1.29, 1.82) is 0 Å². The van der Waals surface area contributed by atoms with Crippen LogP contribution in [-0.2, 0) is 46.3 Å². The van der Waals surface area contributed by atoms with Gasteiger partial charge in [0.2, 0.25) is 0 Å². The highest BCUT2D eigenvalue weighted by Crippen LogP contribution is 2.33. The minimum absolute atomic E-state index is 0.105. The summed E-state index contributed by atoms with van der Waals surface area (Å²) in [4.78, 5) is 51.2. The van der Waals surface area contributed by atoms with Gasteiger partial charge < -0.3 is 10.3 Å². The molecular weight excluding hydrogens is 1560 g/mol. The first-order valence-corrected chi connectivity index (χ1v) is 42.1. The molecule has 27 nitrogen and oxygen atoms in total. The summed E-state index contributed by atoms with van der Waals surface area (Å²) in [5.74, 6) is 1.72. The molecule has 0 spiro atoms. The van der Waals surface area contributed by atoms with Crippen LogP contribution in [-0.4, -0.2) is 87.6 Å². The standard InChI is InChI=1S/C29H28N6O3S2.C29H28N6O3S.C28H28N6O3S/c1-29(2,3)25-18-26(31-27(36)32-28-30-24(19-39-28)20-10-6-4-7-11-20)35(33-25)22-14-16-23(17-15-22)40(37,38)34-21-12-8-5-9-13-21;1-29(2,3)25-19-27(32-28(36)31-26-18-13-20-9-7-8-12-24(20)30-26)35(33-25)22-14-16-23(17-15-22)39(37,38)34-21-10-5-4-6-11-21;1-28(2,3)25-18-26(31-27(35)30-21-9-14-24-19(17-21)15-16-29-24)34(32-25)22-10-12-23(13-11-22)38(36,37)33-20-7-5-4-6-8-20/h4-19,34H,1-3H3,(H2,30,31,32,36);4-19,34H,1-3H3,(H2,30,31,32,36);4-18,29,33H,1-3H3,(H2,30,31,35). The normalized spacial score (nSPS) is 11.8. The zero-order valence-electron chi connectivity index (χ0n) is 65.0. The molecule has 0 unspecified atom stereocenters. The number of nitrogens with one attached hydrogen (secondary N) is 10. The van der Waals surface area contributed by atoms with Gasteiger partial charge in [-0.3, -0.25) is 40.8 Å². The maximum atomic E-state index is 12.9. The molecule has 15 aromatic rings. The predicted octanol–water partition coefficient (Wildman–Crippen LogP) is 19.0. The fraction of sp³-hybridized carbons (Fsp3) is 0.140. The van der Waals surface area contributed by atoms with Crippen LogP contribution in [0.1, 0.15) is 79.4 Å². The van der Waals surface area contributed by atoms with Gasteiger partial charge in [0.05, 0.1) is 60.0 Å². The molecule has 6 heterocycles. The Morgan fingerprint density at radius 3 is 1.16 bits per heavy atom. The Kier molecular flexibility index (Phi) is 23.7. The molecule has 0 bridgehead atoms. The number of H-pyrrole nitrogens is 1. The van der Waals surface area contributed by atoms with Gasteiger partial charge in [-0.05, 0) is 152 Å². The van der Waals surface area contributed by atoms with Gasteiger partial charge >= 0.3 is 18.1 Å². The number of nitrogens with zero attached hydrogens (tertiary/aromatic N) is 8. The number of rotatable bonds is 19. The number of carbonyl (C=O) groups excluding carboxylic acids is 3. The number of hydrogen-bond donors (Lipinski definition) is 10. The van der Waals surface area contributed by atoms with Crippen molar-refractivity contribution in [1.82, 2.24) is 44.3 Å². The van der Waals surface area contributed by atoms with Gasteiger partial charge in [0.1, 0.15) is 23.3 Å². The number of aromatic nitrogens is 9. The second-order valence-corrected chi connectivity index (χ2v) is 35.8. The highest BCUT2D eigenvalue weighted by molar-refractivity contribution is 7.93. The molecule has 0 radical (unpaired) electrons. The summed E-state index contributed by atoms with van der Waals surface area (Å²) in [6, 6.07) is 77.6. The smallest absolute Gasteiger partial charge is 0.326 e. The third kappa shape index (κ3) is 20.6. The molecule has 0 atom stereocenters. The van der Waals surface area contributed by atoms with Gasteiger partial charge in [-0.15, -0.1) is 11.3 Å². The largest absolute Gasteiger partial charge is 0.361 e. The minimum Gasteiger partial charge on any atom is -0.361 e. The van der Waals surface area contributed by atoms with E-state index in [-0.39, 0.29) is 30.9 Å². The number of hydrogen-bond acceptors (Lipinski definition) is 15. The van der Waals surface area contributed by atoms with Crippen molar-refractivity contribution in [3.63, 3.8) is 0 Å². The molecule has 9 aromatic carbocycles. The first kappa shape index (κ1) is 81.3. The third-order valence-corrected chi connectivity index (χ3v) is 22.8. The summed E-state index contributed by atoms with van der Waals surface area (Å²) in [5.41, 5.74) is 8.76. The first-order valence-electron chi connectivity index (χ1n) is 36.8. The number of aromatic amines is 1. The number of amides is 6. The Morgan fingerprint density at radius 2 is 0.744 bits per heavy atom. The lowest BCUT2D eigenvalue weighted by atomic mass is 9.92. The number of para-hydroxylation sites is 4. The molecule has 0 saturated heterocycles. The zero-order valence-corrected chi connectivity index (χ0v) is 68.3. The molecule has 10 N–H and O–H groups in total. The average Bonchev–Trinajstić information content (AvgIpc) is 1.67. The van der Waals surface area contributed by atoms with Crippen LogP contribution < -0.4 is 46.1 Å². The molecule has 31 heteroatoms. The van der Waals surface area contributed by atoms with E-state index in [0.29, 0.717) is 68.2 Å². The van der Waals surface area contributed by atoms with Crippen molar-refractivity contribution in [2.75, 3.05) is 46.1 Å². The van der Waals surface area contributed by atoms with Gasteiger partial charge in [-0.1, -0.05) is 165 Å². The second-order valence-electron chi connectivity index (χ2n) is 29.9. The van der Waals surface area contributed by atoms with E-state index in [1.165, 1.54) is 47.7 Å². The topological polar surface area (TPSA) is 357 Å². The van der Waals surface area contributed by atoms with E-state index in [1.54, 1.807) is 141 Å². The molecule has 0 saturated carbocycles. The Labute approximate surface area is 681 Å². The Morgan fingerprint density at radius 1 is 0.359 bits per heavy atom. The third-order valence-electron chi connectivity index (χ3n) is 17.9. The van der Waals surface area contributed by atoms with E-state index in [1.807, 2.05) is 183 Å². The number of fused-ring (bicyclic) bond motifs is 2. The van der Waals surface area contributed by atoms with E-state index in [0.717, 1.165) is 50.1 Å². The van der Waals surface area contributed by atoms with Crippen molar-refractivity contribution in [2.45, 2.75) is 93.2 Å². The summed E-state index contributed by atoms with van der Waals surface area (Å²) in [6.07, 6.45) is 1.84. The van der Waals surface area contributed by atoms with E-state index in [4.69, 9.17) is 15.3 Å². The van der Waals surface area contributed by atoms with Crippen molar-refractivity contribution < 1.29 is 39.6 Å². The molecule has 0 fully saturated rings. The van der Waals surface area contributed by atoms with Crippen LogP contribution in [0.15, 0.2) is 299 Å². The van der Waals surface area contributed by atoms with Crippen LogP contribution in [0.25, 0.3) is 50.1 Å². The van der Waals surface area contributed by atoms with E-state index in [9.17, 15) is 39.6 Å². The van der Waals surface area contributed by atoms with Crippen molar-refractivity contribution in [3.05, 3.63) is 302 Å². The molecule has 0 aliphatic carbocycles. The highest BCUT2D eigenvalue weighted by Gasteiger charge is 2.27. The molecule has 15 rings (SSSR count). The summed E-state index contributed by atoms with van der Waals surface area (Å²) < 4.78 is 89.5. The minimum atomic E-state index is -3.78. The Bertz CT molecular complexity index is 6400. The first-order chi connectivity index (χ1) is 55.7. The SMILES string of the molecule is CC(C)(C)c1cc(NC(=O)Nc2ccc3[nH]ccc3c2)n(-c2ccc(S(=O)(=O)Nc3ccccc3)cc2)n1.CC(C)(C)c1cc(NC(=O)Nc2ccc3ccccc3n2)n(-c2ccc(S(=O)(=O)Nc3ccccc3)cc2)n1.CC(C)(C)c1cc(NC(=O)Nc2nc(-c3ccccc3)cs2)n(-c2ccc(S(=O)(=O)Nc3ccccc3)cc2)n1. The second kappa shape index (κ2) is 34.1. The van der Waals surface area contributed by atoms with Crippen molar-refractivity contribution in [2.24, 2.45) is 0 Å². The lowest BCUT2D eigenvalue weighted by Crippen LogP contribution is -2.22. The number of sulfonamides is 3. The lowest BCUT2D eigenvalue weighted by molar-refractivity contribution is 0.261. The monoisotopic (exact) mass is 1640 g/mol. The Balaban J connectivity index is 0.000000152. The molecule has 6 amide bonds. The van der Waals surface area contributed by atoms with Gasteiger partial charge in [0.25, 0.3) is 30.1 Å². The van der Waals surface area contributed by atoms with Gasteiger partial charge in [0, 0.05) is 90.6 Å². The highest BCUT2D eigenvalue weighted by atomic mass is 32.2. The summed E-state index contributed by atoms with van der Waals surface area (Å²) >= 11 is 1.33. The predicted molar refractivity (Wildman–Crippen MR) is 464 cm³/mol. The summed E-state index contributed by atoms with van der Waals surface area (Å²) in [6.45, 7) is 18.2. The molecule has 0 aliphatic heterocycles. The Hall–Kier alpha value is -13.8. The summed E-state index contributed by atoms with van der Waals surface area (Å²) in [7, 11) is -11.3. The van der Waals surface area contributed by atoms with E-state index in [2.05, 4.69) is 61.0 Å². The number of carbonyl (C=O) groups is 3. The van der Waals surface area contributed by atoms with Crippen LogP contribution in [0.2, 0.25) is 0 Å². The molecule has 596 valence electrons. The van der Waals surface area contributed by atoms with Gasteiger partial charge in [-0.25, -0.2) is 63.7 Å². The van der Waals surface area contributed by atoms with E-state index >= 15 is 0 Å². The van der Waals surface area contributed by atoms with Crippen molar-refractivity contribution >= 4 is 132 Å². The average molecular weight is 1640 g/mol. The quantitative estimate of drug-likeness (QED) is 0.0360. The number of benzene rings is 9. The fourth-order valence-electron chi connectivity index (χ4n) is 11.7. The maximum absolute atomic E-state index is 12.9. The maximum Gasteiger partial charge on any atom is 0.326 e. The van der Waals surface area contributed by atoms with Crippen molar-refractivity contribution in [3.8, 4) is 28.3 Å². The van der Waals surface area contributed by atoms with Crippen LogP contribution in [0.3, 0.4) is 0 Å². The fourth-order valence-corrected chi connectivity index (χ4v) is 15.6. The number of pyridine rings is 1. The number of thiazole rings is 1. The zero-order chi connectivity index (χ0) is 82.9. The van der Waals surface area contributed by atoms with Crippen LogP contribution in [0.4, 0.5) is 65.5 Å². The van der Waals surface area contributed by atoms with Gasteiger partial charge in [0.15, 0.2) is 5.13 Å². The summed E-state index contributed by atoms with van der Waals surface area (Å²) in [5, 5.41) is 35.4. The van der Waals surface area contributed by atoms with Crippen LogP contribution >= 0.6 is 11.3 Å². The molecule has 6 aromatic heterocycles. The van der Waals surface area contributed by atoms with E-state index < -0.39 is 48.2 Å². The lowest BCUT2D eigenvalue weighted by Gasteiger charge is -2.14. The molecule has 117 heavy (non-hydrogen) atoms. The van der Waals surface area contributed by atoms with Crippen LogP contribution in [0.5, 0.6) is 0 Å². The number of anilines is 9. The number of urea groups is 3. The van der Waals surface area contributed by atoms with Crippen LogP contribution in [0, 0.1) is 0 Å².